The standard InChI is InChI=1S/C11H13ClN2O2/c1-6-3-8(6)5-16-11(15)10-9(12)4-13-7(2)14-10/h4,6,8H,3,5H2,1-2H3/t6-,8+/m0/s1. The zero-order valence-corrected chi connectivity index (χ0v) is 9.99. The van der Waals surface area contributed by atoms with E-state index in [0.717, 1.165) is 6.42 Å². The van der Waals surface area contributed by atoms with E-state index in [9.17, 15) is 4.79 Å². The second-order valence-corrected chi connectivity index (χ2v) is 4.59. The summed E-state index contributed by atoms with van der Waals surface area (Å²) in [5.74, 6) is 1.21. The smallest absolute Gasteiger partial charge is 0.358 e. The summed E-state index contributed by atoms with van der Waals surface area (Å²) < 4.78 is 5.14. The number of rotatable bonds is 3. The van der Waals surface area contributed by atoms with Crippen LogP contribution >= 0.6 is 11.6 Å². The summed E-state index contributed by atoms with van der Waals surface area (Å²) in [5, 5.41) is 0.236. The van der Waals surface area contributed by atoms with Gasteiger partial charge in [0.1, 0.15) is 5.82 Å². The number of nitrogens with zero attached hydrogens (tertiary/aromatic N) is 2. The van der Waals surface area contributed by atoms with Crippen LogP contribution in [0.5, 0.6) is 0 Å². The highest BCUT2D eigenvalue weighted by molar-refractivity contribution is 6.33. The van der Waals surface area contributed by atoms with Gasteiger partial charge in [-0.05, 0) is 25.2 Å². The zero-order chi connectivity index (χ0) is 11.7. The maximum absolute atomic E-state index is 11.7. The number of ether oxygens (including phenoxy) is 1. The molecule has 4 nitrogen and oxygen atoms in total. The highest BCUT2D eigenvalue weighted by Crippen LogP contribution is 2.37. The number of carbonyl (C=O) groups is 1. The summed E-state index contributed by atoms with van der Waals surface area (Å²) >= 11 is 5.82. The largest absolute Gasteiger partial charge is 0.461 e. The van der Waals surface area contributed by atoms with E-state index in [4.69, 9.17) is 16.3 Å². The molecule has 0 spiro atoms. The maximum Gasteiger partial charge on any atom is 0.358 e. The topological polar surface area (TPSA) is 52.1 Å². The Balaban J connectivity index is 1.99. The van der Waals surface area contributed by atoms with Gasteiger partial charge in [0.25, 0.3) is 0 Å². The van der Waals surface area contributed by atoms with Crippen molar-refractivity contribution in [3.63, 3.8) is 0 Å². The van der Waals surface area contributed by atoms with Gasteiger partial charge in [-0.3, -0.25) is 0 Å². The molecule has 1 aliphatic rings. The van der Waals surface area contributed by atoms with E-state index in [0.29, 0.717) is 24.3 Å². The fraction of sp³-hybridized carbons (Fsp3) is 0.545. The summed E-state index contributed by atoms with van der Waals surface area (Å²) in [4.78, 5) is 19.5. The molecule has 0 amide bonds. The predicted octanol–water partition coefficient (Wildman–Crippen LogP) is 2.25. The lowest BCUT2D eigenvalue weighted by Gasteiger charge is -2.05. The van der Waals surface area contributed by atoms with Crippen molar-refractivity contribution in [1.29, 1.82) is 0 Å². The van der Waals surface area contributed by atoms with Crippen LogP contribution in [0.3, 0.4) is 0 Å². The molecule has 0 saturated heterocycles. The van der Waals surface area contributed by atoms with Crippen LogP contribution in [0.25, 0.3) is 0 Å². The quantitative estimate of drug-likeness (QED) is 0.761. The van der Waals surface area contributed by atoms with Crippen molar-refractivity contribution in [2.45, 2.75) is 20.3 Å². The SMILES string of the molecule is Cc1ncc(Cl)c(C(=O)OC[C@H]2C[C@@H]2C)n1. The molecule has 2 atom stereocenters. The lowest BCUT2D eigenvalue weighted by Crippen LogP contribution is -2.11. The van der Waals surface area contributed by atoms with Crippen molar-refractivity contribution in [2.75, 3.05) is 6.61 Å². The van der Waals surface area contributed by atoms with Crippen molar-refractivity contribution in [1.82, 2.24) is 9.97 Å². The molecule has 0 aromatic carbocycles. The van der Waals surface area contributed by atoms with E-state index in [-0.39, 0.29) is 10.7 Å². The van der Waals surface area contributed by atoms with Crippen molar-refractivity contribution in [3.05, 3.63) is 22.7 Å². The summed E-state index contributed by atoms with van der Waals surface area (Å²) in [6, 6.07) is 0. The molecule has 1 aromatic rings. The van der Waals surface area contributed by atoms with Crippen LogP contribution in [0, 0.1) is 18.8 Å². The molecule has 5 heteroatoms. The van der Waals surface area contributed by atoms with E-state index in [1.54, 1.807) is 6.92 Å². The molecule has 1 saturated carbocycles. The molecule has 86 valence electrons. The van der Waals surface area contributed by atoms with Crippen molar-refractivity contribution >= 4 is 17.6 Å². The molecule has 1 aromatic heterocycles. The number of aryl methyl sites for hydroxylation is 1. The van der Waals surface area contributed by atoms with E-state index in [1.807, 2.05) is 0 Å². The Hall–Kier alpha value is -1.16. The van der Waals surface area contributed by atoms with Crippen LogP contribution in [-0.4, -0.2) is 22.5 Å². The van der Waals surface area contributed by atoms with Gasteiger partial charge in [0.2, 0.25) is 0 Å². The zero-order valence-electron chi connectivity index (χ0n) is 9.24. The van der Waals surface area contributed by atoms with Gasteiger partial charge in [-0.1, -0.05) is 18.5 Å². The summed E-state index contributed by atoms with van der Waals surface area (Å²) in [6.07, 6.45) is 2.55. The van der Waals surface area contributed by atoms with Crippen LogP contribution in [0.2, 0.25) is 5.02 Å². The molecule has 0 aliphatic heterocycles. The van der Waals surface area contributed by atoms with Gasteiger partial charge >= 0.3 is 5.97 Å². The number of hydrogen-bond donors (Lipinski definition) is 0. The lowest BCUT2D eigenvalue weighted by molar-refractivity contribution is 0.0474. The third-order valence-electron chi connectivity index (χ3n) is 2.76. The van der Waals surface area contributed by atoms with Crippen molar-refractivity contribution < 1.29 is 9.53 Å². The van der Waals surface area contributed by atoms with E-state index in [1.165, 1.54) is 6.20 Å². The minimum absolute atomic E-state index is 0.155. The molecule has 0 unspecified atom stereocenters. The fourth-order valence-corrected chi connectivity index (χ4v) is 1.65. The molecule has 1 fully saturated rings. The number of halogens is 1. The number of esters is 1. The molecule has 1 heterocycles. The van der Waals surface area contributed by atoms with Gasteiger partial charge in [-0.15, -0.1) is 0 Å². The Morgan fingerprint density at radius 3 is 3.00 bits per heavy atom. The molecule has 16 heavy (non-hydrogen) atoms. The molecule has 1 aliphatic carbocycles. The van der Waals surface area contributed by atoms with Gasteiger partial charge in [-0.2, -0.15) is 0 Å². The van der Waals surface area contributed by atoms with Crippen LogP contribution in [0.15, 0.2) is 6.20 Å². The van der Waals surface area contributed by atoms with Gasteiger partial charge in [0, 0.05) is 0 Å². The third kappa shape index (κ3) is 2.50. The van der Waals surface area contributed by atoms with Crippen LogP contribution in [0.1, 0.15) is 29.7 Å². The first-order valence-electron chi connectivity index (χ1n) is 5.24. The first-order valence-corrected chi connectivity index (χ1v) is 5.62. The highest BCUT2D eigenvalue weighted by atomic mass is 35.5. The first kappa shape index (κ1) is 11.3. The second-order valence-electron chi connectivity index (χ2n) is 4.19. The van der Waals surface area contributed by atoms with Gasteiger partial charge < -0.3 is 4.74 Å². The molecular weight excluding hydrogens is 228 g/mol. The first-order chi connectivity index (χ1) is 7.58. The summed E-state index contributed by atoms with van der Waals surface area (Å²) in [6.45, 7) is 4.30. The van der Waals surface area contributed by atoms with Gasteiger partial charge in [0.05, 0.1) is 17.8 Å². The summed E-state index contributed by atoms with van der Waals surface area (Å²) in [7, 11) is 0. The van der Waals surface area contributed by atoms with Gasteiger partial charge in [0.15, 0.2) is 5.69 Å². The fourth-order valence-electron chi connectivity index (χ4n) is 1.48. The minimum atomic E-state index is -0.463. The van der Waals surface area contributed by atoms with Crippen molar-refractivity contribution in [3.8, 4) is 0 Å². The van der Waals surface area contributed by atoms with Gasteiger partial charge in [-0.25, -0.2) is 14.8 Å². The molecule has 0 bridgehead atoms. The molecule has 2 rings (SSSR count). The molecular formula is C11H13ClN2O2. The Bertz CT molecular complexity index is 422. The monoisotopic (exact) mass is 240 g/mol. The highest BCUT2D eigenvalue weighted by Gasteiger charge is 2.33. The maximum atomic E-state index is 11.7. The van der Waals surface area contributed by atoms with Crippen LogP contribution in [-0.2, 0) is 4.74 Å². The number of carbonyl (C=O) groups excluding carboxylic acids is 1. The van der Waals surface area contributed by atoms with E-state index < -0.39 is 5.97 Å². The second kappa shape index (κ2) is 4.37. The van der Waals surface area contributed by atoms with E-state index in [2.05, 4.69) is 16.9 Å². The van der Waals surface area contributed by atoms with E-state index >= 15 is 0 Å². The van der Waals surface area contributed by atoms with Crippen LogP contribution < -0.4 is 0 Å². The Kier molecular flexibility index (Phi) is 3.10. The molecule has 0 N–H and O–H groups in total. The lowest BCUT2D eigenvalue weighted by atomic mass is 10.3. The average Bonchev–Trinajstić information content (AvgIpc) is 2.95. The molecule has 0 radical (unpaired) electrons. The van der Waals surface area contributed by atoms with Crippen LogP contribution in [0.4, 0.5) is 0 Å². The Labute approximate surface area is 99.0 Å². The normalized spacial score (nSPS) is 22.9. The van der Waals surface area contributed by atoms with Crippen molar-refractivity contribution in [2.24, 2.45) is 11.8 Å². The number of hydrogen-bond acceptors (Lipinski definition) is 4. The Morgan fingerprint density at radius 2 is 2.38 bits per heavy atom. The number of aromatic nitrogens is 2. The summed E-state index contributed by atoms with van der Waals surface area (Å²) in [5.41, 5.74) is 0.155. The Morgan fingerprint density at radius 1 is 1.69 bits per heavy atom. The third-order valence-corrected chi connectivity index (χ3v) is 3.04. The minimum Gasteiger partial charge on any atom is -0.461 e. The predicted molar refractivity (Wildman–Crippen MR) is 59.3 cm³/mol. The average molecular weight is 241 g/mol.